The largest absolute Gasteiger partial charge is 0.385 e. The van der Waals surface area contributed by atoms with E-state index in [9.17, 15) is 18.0 Å². The SMILES string of the molecule is CCNc1ccc(S(C)(=O)=O)cc1C(=O)N1C(C(N)=O)CC2CC21. The minimum absolute atomic E-state index is 0.0337. The maximum Gasteiger partial charge on any atom is 0.256 e. The summed E-state index contributed by atoms with van der Waals surface area (Å²) in [6.45, 7) is 2.47. The first-order valence-corrected chi connectivity index (χ1v) is 9.83. The van der Waals surface area contributed by atoms with E-state index in [2.05, 4.69) is 5.32 Å². The molecule has 24 heavy (non-hydrogen) atoms. The Labute approximate surface area is 141 Å². The van der Waals surface area contributed by atoms with E-state index in [1.807, 2.05) is 6.92 Å². The predicted molar refractivity (Wildman–Crippen MR) is 89.4 cm³/mol. The van der Waals surface area contributed by atoms with E-state index in [1.54, 1.807) is 6.07 Å². The number of nitrogens with one attached hydrogen (secondary N) is 1. The lowest BCUT2D eigenvalue weighted by atomic mass is 10.1. The molecule has 1 saturated carbocycles. The molecule has 1 saturated heterocycles. The number of hydrogen-bond acceptors (Lipinski definition) is 5. The Morgan fingerprint density at radius 2 is 2.04 bits per heavy atom. The van der Waals surface area contributed by atoms with Crippen molar-refractivity contribution in [2.45, 2.75) is 36.7 Å². The molecule has 1 aliphatic heterocycles. The number of carbonyl (C=O) groups excluding carboxylic acids is 2. The number of nitrogens with two attached hydrogens (primary N) is 1. The van der Waals surface area contributed by atoms with Gasteiger partial charge in [0.25, 0.3) is 5.91 Å². The van der Waals surface area contributed by atoms with Crippen molar-refractivity contribution in [3.8, 4) is 0 Å². The average Bonchev–Trinajstić information content (AvgIpc) is 3.16. The fraction of sp³-hybridized carbons (Fsp3) is 0.500. The van der Waals surface area contributed by atoms with E-state index in [4.69, 9.17) is 5.73 Å². The fourth-order valence-corrected chi connectivity index (χ4v) is 4.06. The fourth-order valence-electron chi connectivity index (χ4n) is 3.42. The normalized spacial score (nSPS) is 25.2. The standard InChI is InChI=1S/C16H21N3O4S/c1-3-18-12-5-4-10(24(2,22)23)8-11(12)16(21)19-13-6-9(13)7-14(19)15(17)20/h4-5,8-9,13-14,18H,3,6-7H2,1-2H3,(H2,17,20). The van der Waals surface area contributed by atoms with E-state index in [1.165, 1.54) is 17.0 Å². The summed E-state index contributed by atoms with van der Waals surface area (Å²) in [6, 6.07) is 3.86. The molecule has 3 unspecified atom stereocenters. The van der Waals surface area contributed by atoms with Crippen molar-refractivity contribution < 1.29 is 18.0 Å². The van der Waals surface area contributed by atoms with Crippen molar-refractivity contribution >= 4 is 27.3 Å². The summed E-state index contributed by atoms with van der Waals surface area (Å²) < 4.78 is 23.6. The molecule has 3 N–H and O–H groups in total. The maximum atomic E-state index is 13.1. The zero-order chi connectivity index (χ0) is 17.6. The van der Waals surface area contributed by atoms with Gasteiger partial charge in [-0.25, -0.2) is 8.42 Å². The van der Waals surface area contributed by atoms with Crippen LogP contribution in [0.5, 0.6) is 0 Å². The number of piperidine rings is 1. The van der Waals surface area contributed by atoms with Crippen LogP contribution in [0.25, 0.3) is 0 Å². The first-order chi connectivity index (χ1) is 11.2. The van der Waals surface area contributed by atoms with Crippen molar-refractivity contribution in [2.24, 2.45) is 11.7 Å². The molecule has 0 aromatic heterocycles. The van der Waals surface area contributed by atoms with Gasteiger partial charge in [0.05, 0.1) is 10.5 Å². The third kappa shape index (κ3) is 2.86. The second kappa shape index (κ2) is 5.77. The maximum absolute atomic E-state index is 13.1. The molecule has 2 fully saturated rings. The van der Waals surface area contributed by atoms with Gasteiger partial charge in [-0.05, 0) is 43.9 Å². The monoisotopic (exact) mass is 351 g/mol. The third-order valence-corrected chi connectivity index (χ3v) is 5.79. The van der Waals surface area contributed by atoms with Gasteiger partial charge in [-0.15, -0.1) is 0 Å². The summed E-state index contributed by atoms with van der Waals surface area (Å²) in [5.74, 6) is -0.530. The van der Waals surface area contributed by atoms with E-state index < -0.39 is 21.8 Å². The van der Waals surface area contributed by atoms with E-state index in [0.29, 0.717) is 24.6 Å². The molecular weight excluding hydrogens is 330 g/mol. The molecule has 1 aromatic carbocycles. The van der Waals surface area contributed by atoms with Gasteiger partial charge >= 0.3 is 0 Å². The van der Waals surface area contributed by atoms with Crippen LogP contribution in [0.2, 0.25) is 0 Å². The number of carbonyl (C=O) groups is 2. The molecule has 8 heteroatoms. The summed E-state index contributed by atoms with van der Waals surface area (Å²) >= 11 is 0. The average molecular weight is 351 g/mol. The Hall–Kier alpha value is -2.09. The van der Waals surface area contributed by atoms with Crippen LogP contribution in [0.4, 0.5) is 5.69 Å². The van der Waals surface area contributed by atoms with Crippen LogP contribution in [0, 0.1) is 5.92 Å². The van der Waals surface area contributed by atoms with Gasteiger partial charge in [-0.2, -0.15) is 0 Å². The van der Waals surface area contributed by atoms with Gasteiger partial charge in [0.2, 0.25) is 5.91 Å². The van der Waals surface area contributed by atoms with Crippen molar-refractivity contribution in [1.29, 1.82) is 0 Å². The minimum atomic E-state index is -3.44. The van der Waals surface area contributed by atoms with Crippen molar-refractivity contribution in [2.75, 3.05) is 18.1 Å². The number of likely N-dealkylation sites (tertiary alicyclic amines) is 1. The lowest BCUT2D eigenvalue weighted by Crippen LogP contribution is -2.46. The van der Waals surface area contributed by atoms with Gasteiger partial charge in [0.15, 0.2) is 9.84 Å². The van der Waals surface area contributed by atoms with E-state index >= 15 is 0 Å². The molecule has 3 atom stereocenters. The van der Waals surface area contributed by atoms with Gasteiger partial charge < -0.3 is 16.0 Å². The molecule has 1 aliphatic carbocycles. The number of fused-ring (bicyclic) bond motifs is 1. The highest BCUT2D eigenvalue weighted by molar-refractivity contribution is 7.90. The molecule has 7 nitrogen and oxygen atoms in total. The topological polar surface area (TPSA) is 110 Å². The number of hydrogen-bond donors (Lipinski definition) is 2. The number of nitrogens with zero attached hydrogens (tertiary/aromatic N) is 1. The van der Waals surface area contributed by atoms with Gasteiger partial charge in [0, 0.05) is 24.5 Å². The van der Waals surface area contributed by atoms with Crippen LogP contribution in [0.1, 0.15) is 30.1 Å². The zero-order valence-corrected chi connectivity index (χ0v) is 14.5. The summed E-state index contributed by atoms with van der Waals surface area (Å²) in [7, 11) is -3.44. The summed E-state index contributed by atoms with van der Waals surface area (Å²) in [4.78, 5) is 26.3. The molecule has 2 aliphatic rings. The van der Waals surface area contributed by atoms with Crippen molar-refractivity contribution in [3.05, 3.63) is 23.8 Å². The molecule has 2 amide bonds. The van der Waals surface area contributed by atoms with Crippen LogP contribution in [0.15, 0.2) is 23.1 Å². The molecule has 3 rings (SSSR count). The number of sulfone groups is 1. The molecular formula is C16H21N3O4S. The first-order valence-electron chi connectivity index (χ1n) is 7.94. The number of benzene rings is 1. The van der Waals surface area contributed by atoms with E-state index in [0.717, 1.165) is 12.7 Å². The van der Waals surface area contributed by atoms with Gasteiger partial charge in [-0.3, -0.25) is 9.59 Å². The first kappa shape index (κ1) is 16.8. The lowest BCUT2D eigenvalue weighted by molar-refractivity contribution is -0.122. The number of amides is 2. The van der Waals surface area contributed by atoms with Crippen LogP contribution >= 0.6 is 0 Å². The van der Waals surface area contributed by atoms with Gasteiger partial charge in [-0.1, -0.05) is 0 Å². The van der Waals surface area contributed by atoms with Crippen LogP contribution in [-0.2, 0) is 14.6 Å². The Bertz CT molecular complexity index is 806. The molecule has 1 aromatic rings. The third-order valence-electron chi connectivity index (χ3n) is 4.68. The lowest BCUT2D eigenvalue weighted by Gasteiger charge is -2.26. The number of primary amides is 1. The zero-order valence-electron chi connectivity index (χ0n) is 13.7. The second-order valence-corrected chi connectivity index (χ2v) is 8.46. The summed E-state index contributed by atoms with van der Waals surface area (Å²) in [5.41, 5.74) is 6.26. The van der Waals surface area contributed by atoms with Crippen molar-refractivity contribution in [1.82, 2.24) is 4.90 Å². The second-order valence-electron chi connectivity index (χ2n) is 6.44. The number of rotatable bonds is 5. The predicted octanol–water partition coefficient (Wildman–Crippen LogP) is 0.610. The number of anilines is 1. The molecule has 130 valence electrons. The van der Waals surface area contributed by atoms with Gasteiger partial charge in [0.1, 0.15) is 6.04 Å². The molecule has 0 bridgehead atoms. The molecule has 0 spiro atoms. The Balaban J connectivity index is 2.03. The highest BCUT2D eigenvalue weighted by Gasteiger charge is 2.55. The quantitative estimate of drug-likeness (QED) is 0.808. The van der Waals surface area contributed by atoms with Crippen molar-refractivity contribution in [3.63, 3.8) is 0 Å². The smallest absolute Gasteiger partial charge is 0.256 e. The highest BCUT2D eigenvalue weighted by atomic mass is 32.2. The molecule has 0 radical (unpaired) electrons. The van der Waals surface area contributed by atoms with E-state index in [-0.39, 0.29) is 22.4 Å². The molecule has 1 heterocycles. The Kier molecular flexibility index (Phi) is 4.03. The summed E-state index contributed by atoms with van der Waals surface area (Å²) in [5, 5.41) is 3.07. The van der Waals surface area contributed by atoms with Crippen LogP contribution in [0.3, 0.4) is 0 Å². The van der Waals surface area contributed by atoms with Crippen LogP contribution in [-0.4, -0.2) is 50.0 Å². The summed E-state index contributed by atoms with van der Waals surface area (Å²) in [6.07, 6.45) is 2.56. The highest BCUT2D eigenvalue weighted by Crippen LogP contribution is 2.48. The Morgan fingerprint density at radius 1 is 1.33 bits per heavy atom. The Morgan fingerprint density at radius 3 is 2.62 bits per heavy atom. The minimum Gasteiger partial charge on any atom is -0.385 e. The van der Waals surface area contributed by atoms with Crippen LogP contribution < -0.4 is 11.1 Å².